The lowest BCUT2D eigenvalue weighted by Crippen LogP contribution is -2.50. The molecule has 1 aromatic heterocycles. The second-order valence-electron chi connectivity index (χ2n) is 8.38. The third-order valence-corrected chi connectivity index (χ3v) is 6.12. The molecule has 2 unspecified atom stereocenters. The fraction of sp³-hybridized carbons (Fsp3) is 0.545. The highest BCUT2D eigenvalue weighted by molar-refractivity contribution is 5.81. The van der Waals surface area contributed by atoms with E-state index < -0.39 is 24.4 Å². The zero-order valence-electron chi connectivity index (χ0n) is 17.6. The van der Waals surface area contributed by atoms with E-state index in [4.69, 9.17) is 4.74 Å². The van der Waals surface area contributed by atoms with Gasteiger partial charge in [-0.15, -0.1) is 0 Å². The van der Waals surface area contributed by atoms with Crippen molar-refractivity contribution in [1.29, 1.82) is 0 Å². The molecule has 1 N–H and O–H groups in total. The van der Waals surface area contributed by atoms with Crippen LogP contribution in [0, 0.1) is 18.7 Å². The predicted molar refractivity (Wildman–Crippen MR) is 110 cm³/mol. The van der Waals surface area contributed by atoms with Crippen molar-refractivity contribution in [2.24, 2.45) is 5.92 Å². The van der Waals surface area contributed by atoms with E-state index >= 15 is 0 Å². The zero-order chi connectivity index (χ0) is 22.1. The Morgan fingerprint density at radius 1 is 1.32 bits per heavy atom. The summed E-state index contributed by atoms with van der Waals surface area (Å²) in [4.78, 5) is 14.6. The molecular weight excluding hydrogens is 409 g/mol. The lowest BCUT2D eigenvalue weighted by atomic mass is 9.86. The summed E-state index contributed by atoms with van der Waals surface area (Å²) in [6.45, 7) is 4.40. The molecule has 0 bridgehead atoms. The molecule has 2 aromatic rings. The molecule has 1 amide bonds. The number of halogens is 3. The van der Waals surface area contributed by atoms with E-state index in [1.807, 2.05) is 0 Å². The number of likely N-dealkylation sites (tertiary alicyclic amines) is 1. The summed E-state index contributed by atoms with van der Waals surface area (Å²) in [7, 11) is 0. The number of nitrogens with zero attached hydrogens (tertiary/aromatic N) is 3. The van der Waals surface area contributed by atoms with Crippen LogP contribution in [-0.2, 0) is 4.79 Å². The summed E-state index contributed by atoms with van der Waals surface area (Å²) < 4.78 is 48.2. The maximum absolute atomic E-state index is 13.9. The van der Waals surface area contributed by atoms with Gasteiger partial charge in [0, 0.05) is 25.2 Å². The van der Waals surface area contributed by atoms with Crippen LogP contribution in [0.2, 0.25) is 0 Å². The quantitative estimate of drug-likeness (QED) is 0.769. The lowest BCUT2D eigenvalue weighted by molar-refractivity contribution is -0.140. The van der Waals surface area contributed by atoms with Gasteiger partial charge in [0.1, 0.15) is 11.9 Å². The van der Waals surface area contributed by atoms with Gasteiger partial charge in [0.2, 0.25) is 0 Å². The Kier molecular flexibility index (Phi) is 6.11. The van der Waals surface area contributed by atoms with Crippen molar-refractivity contribution in [1.82, 2.24) is 14.7 Å². The summed E-state index contributed by atoms with van der Waals surface area (Å²) in [5, 5.41) is 7.57. The first-order chi connectivity index (χ1) is 14.8. The SMILES string of the molecule is Cc1cc2n(n1)[C@@H](C(F)F)C[C@@H](C1CCCN(C(=O)C(C)Oc3ccccc3F)C1)N2. The second-order valence-corrected chi connectivity index (χ2v) is 8.38. The molecule has 0 radical (unpaired) electrons. The molecule has 0 spiro atoms. The molecule has 3 heterocycles. The molecule has 31 heavy (non-hydrogen) atoms. The predicted octanol–water partition coefficient (Wildman–Crippen LogP) is 4.03. The van der Waals surface area contributed by atoms with E-state index in [2.05, 4.69) is 10.4 Å². The van der Waals surface area contributed by atoms with Gasteiger partial charge in [-0.25, -0.2) is 17.9 Å². The van der Waals surface area contributed by atoms with E-state index in [9.17, 15) is 18.0 Å². The van der Waals surface area contributed by atoms with Crippen LogP contribution in [0.1, 0.15) is 37.9 Å². The molecule has 1 aromatic carbocycles. The van der Waals surface area contributed by atoms with Crippen LogP contribution in [0.5, 0.6) is 5.75 Å². The number of carbonyl (C=O) groups is 1. The molecule has 168 valence electrons. The molecule has 6 nitrogen and oxygen atoms in total. The monoisotopic (exact) mass is 436 g/mol. The van der Waals surface area contributed by atoms with Crippen LogP contribution in [-0.4, -0.2) is 52.2 Å². The smallest absolute Gasteiger partial charge is 0.263 e. The number of benzene rings is 1. The van der Waals surface area contributed by atoms with Gasteiger partial charge in [-0.1, -0.05) is 12.1 Å². The van der Waals surface area contributed by atoms with Crippen LogP contribution in [0.25, 0.3) is 0 Å². The van der Waals surface area contributed by atoms with Crippen molar-refractivity contribution < 1.29 is 22.7 Å². The fourth-order valence-electron chi connectivity index (χ4n) is 4.58. The van der Waals surface area contributed by atoms with Gasteiger partial charge in [-0.3, -0.25) is 4.79 Å². The van der Waals surface area contributed by atoms with Gasteiger partial charge in [-0.05, 0) is 51.2 Å². The lowest BCUT2D eigenvalue weighted by Gasteiger charge is -2.41. The van der Waals surface area contributed by atoms with Crippen molar-refractivity contribution in [3.63, 3.8) is 0 Å². The maximum Gasteiger partial charge on any atom is 0.263 e. The minimum atomic E-state index is -2.52. The number of rotatable bonds is 5. The van der Waals surface area contributed by atoms with E-state index in [1.54, 1.807) is 36.9 Å². The molecule has 1 fully saturated rings. The maximum atomic E-state index is 13.9. The highest BCUT2D eigenvalue weighted by atomic mass is 19.3. The Hall–Kier alpha value is -2.71. The van der Waals surface area contributed by atoms with Gasteiger partial charge < -0.3 is 15.0 Å². The highest BCUT2D eigenvalue weighted by Crippen LogP contribution is 2.36. The molecule has 4 atom stereocenters. The Morgan fingerprint density at radius 2 is 2.10 bits per heavy atom. The number of aromatic nitrogens is 2. The van der Waals surface area contributed by atoms with Crippen LogP contribution < -0.4 is 10.1 Å². The molecule has 4 rings (SSSR count). The molecular formula is C22H27F3N4O2. The van der Waals surface area contributed by atoms with Crippen molar-refractivity contribution in [3.8, 4) is 5.75 Å². The second kappa shape index (κ2) is 8.80. The number of fused-ring (bicyclic) bond motifs is 1. The first-order valence-electron chi connectivity index (χ1n) is 10.6. The molecule has 2 aliphatic heterocycles. The fourth-order valence-corrected chi connectivity index (χ4v) is 4.58. The Labute approximate surface area is 179 Å². The topological polar surface area (TPSA) is 59.4 Å². The van der Waals surface area contributed by atoms with Crippen molar-refractivity contribution in [2.45, 2.75) is 57.7 Å². The van der Waals surface area contributed by atoms with E-state index in [1.165, 1.54) is 16.8 Å². The Bertz CT molecular complexity index is 935. The molecule has 2 aliphatic rings. The Balaban J connectivity index is 1.43. The third kappa shape index (κ3) is 4.50. The summed E-state index contributed by atoms with van der Waals surface area (Å²) in [5.74, 6) is -0.0818. The number of para-hydroxylation sites is 1. The number of carbonyl (C=O) groups excluding carboxylic acids is 1. The minimum Gasteiger partial charge on any atom is -0.478 e. The van der Waals surface area contributed by atoms with Gasteiger partial charge in [-0.2, -0.15) is 5.10 Å². The first kappa shape index (κ1) is 21.5. The van der Waals surface area contributed by atoms with Crippen molar-refractivity contribution in [2.75, 3.05) is 18.4 Å². The van der Waals surface area contributed by atoms with Gasteiger partial charge in [0.15, 0.2) is 17.7 Å². The number of hydrogen-bond donors (Lipinski definition) is 1. The van der Waals surface area contributed by atoms with E-state index in [-0.39, 0.29) is 30.0 Å². The summed E-state index contributed by atoms with van der Waals surface area (Å²) >= 11 is 0. The van der Waals surface area contributed by atoms with E-state index in [0.29, 0.717) is 24.6 Å². The standard InChI is InChI=1S/C22H27F3N4O2/c1-13-10-20-26-17(11-18(21(24)25)29(20)27-13)15-6-5-9-28(12-15)22(30)14(2)31-19-8-4-3-7-16(19)23/h3-4,7-8,10,14-15,17-18,21,26H,5-6,9,11-12H2,1-2H3/t14?,15?,17-,18+/m0/s1. The number of alkyl halides is 2. The number of nitrogens with one attached hydrogen (secondary N) is 1. The van der Waals surface area contributed by atoms with Crippen LogP contribution in [0.4, 0.5) is 19.0 Å². The zero-order valence-corrected chi connectivity index (χ0v) is 17.6. The van der Waals surface area contributed by atoms with Crippen molar-refractivity contribution in [3.05, 3.63) is 41.8 Å². The summed E-state index contributed by atoms with van der Waals surface area (Å²) in [5.41, 5.74) is 0.688. The number of piperidine rings is 1. The van der Waals surface area contributed by atoms with Crippen LogP contribution in [0.3, 0.4) is 0 Å². The highest BCUT2D eigenvalue weighted by Gasteiger charge is 2.39. The van der Waals surface area contributed by atoms with Gasteiger partial charge in [0.05, 0.1) is 5.69 Å². The molecule has 0 saturated carbocycles. The molecule has 1 saturated heterocycles. The average molecular weight is 436 g/mol. The average Bonchev–Trinajstić information content (AvgIpc) is 3.14. The third-order valence-electron chi connectivity index (χ3n) is 6.12. The van der Waals surface area contributed by atoms with Crippen LogP contribution >= 0.6 is 0 Å². The number of amides is 1. The number of hydrogen-bond acceptors (Lipinski definition) is 4. The number of anilines is 1. The van der Waals surface area contributed by atoms with Crippen LogP contribution in [0.15, 0.2) is 30.3 Å². The molecule has 0 aliphatic carbocycles. The molecule has 9 heteroatoms. The summed E-state index contributed by atoms with van der Waals surface area (Å²) in [6.07, 6.45) is -1.49. The van der Waals surface area contributed by atoms with Gasteiger partial charge >= 0.3 is 0 Å². The first-order valence-corrected chi connectivity index (χ1v) is 10.6. The Morgan fingerprint density at radius 3 is 2.84 bits per heavy atom. The van der Waals surface area contributed by atoms with Crippen molar-refractivity contribution >= 4 is 11.7 Å². The minimum absolute atomic E-state index is 0.0311. The summed E-state index contributed by atoms with van der Waals surface area (Å²) in [6, 6.07) is 6.58. The van der Waals surface area contributed by atoms with Gasteiger partial charge in [0.25, 0.3) is 12.3 Å². The van der Waals surface area contributed by atoms with E-state index in [0.717, 1.165) is 12.8 Å². The normalized spacial score (nSPS) is 24.5. The number of ether oxygens (including phenoxy) is 1. The number of aryl methyl sites for hydroxylation is 1. The largest absolute Gasteiger partial charge is 0.478 e.